The standard InChI is InChI=1S/C21H19N5O/c1-15-3-5-18(6-4-15)23-25-20-11-13-21(14-12-20)26-24-19-9-7-17(8-10-19)22-16(2)27/h3-14H,1-2H3,(H,22,27). The number of nitrogens with one attached hydrogen (secondary N) is 1. The number of aryl methyl sites for hydroxylation is 1. The van der Waals surface area contributed by atoms with Gasteiger partial charge in [-0.25, -0.2) is 0 Å². The van der Waals surface area contributed by atoms with Crippen molar-refractivity contribution in [3.63, 3.8) is 0 Å². The number of hydrogen-bond donors (Lipinski definition) is 1. The Morgan fingerprint density at radius 1 is 0.630 bits per heavy atom. The van der Waals surface area contributed by atoms with Gasteiger partial charge < -0.3 is 5.32 Å². The SMILES string of the molecule is CC(=O)Nc1ccc(N=Nc2ccc(N=Nc3ccc(C)cc3)cc2)cc1. The molecule has 0 radical (unpaired) electrons. The molecular formula is C21H19N5O. The van der Waals surface area contributed by atoms with Gasteiger partial charge in [-0.15, -0.1) is 0 Å². The van der Waals surface area contributed by atoms with E-state index in [1.165, 1.54) is 12.5 Å². The Hall–Kier alpha value is -3.67. The first-order chi connectivity index (χ1) is 13.1. The number of carbonyl (C=O) groups is 1. The molecule has 0 aliphatic rings. The van der Waals surface area contributed by atoms with E-state index in [-0.39, 0.29) is 5.91 Å². The Morgan fingerprint density at radius 2 is 0.963 bits per heavy atom. The van der Waals surface area contributed by atoms with Crippen molar-refractivity contribution in [1.29, 1.82) is 0 Å². The minimum atomic E-state index is -0.107. The van der Waals surface area contributed by atoms with E-state index in [0.717, 1.165) is 22.7 Å². The number of hydrogen-bond acceptors (Lipinski definition) is 5. The molecule has 0 saturated carbocycles. The van der Waals surface area contributed by atoms with E-state index >= 15 is 0 Å². The molecule has 3 aromatic carbocycles. The van der Waals surface area contributed by atoms with Crippen molar-refractivity contribution in [2.75, 3.05) is 5.32 Å². The minimum Gasteiger partial charge on any atom is -0.326 e. The van der Waals surface area contributed by atoms with Crippen LogP contribution in [0.15, 0.2) is 93.3 Å². The molecule has 0 unspecified atom stereocenters. The molecule has 0 saturated heterocycles. The van der Waals surface area contributed by atoms with E-state index < -0.39 is 0 Å². The van der Waals surface area contributed by atoms with Gasteiger partial charge in [0.2, 0.25) is 5.91 Å². The van der Waals surface area contributed by atoms with Crippen molar-refractivity contribution in [2.24, 2.45) is 20.5 Å². The average molecular weight is 357 g/mol. The number of benzene rings is 3. The molecule has 0 spiro atoms. The summed E-state index contributed by atoms with van der Waals surface area (Å²) in [4.78, 5) is 11.0. The fourth-order valence-electron chi connectivity index (χ4n) is 2.24. The van der Waals surface area contributed by atoms with Gasteiger partial charge in [0.25, 0.3) is 0 Å². The Balaban J connectivity index is 1.62. The maximum Gasteiger partial charge on any atom is 0.221 e. The van der Waals surface area contributed by atoms with Crippen molar-refractivity contribution in [1.82, 2.24) is 0 Å². The van der Waals surface area contributed by atoms with Crippen molar-refractivity contribution >= 4 is 34.3 Å². The predicted octanol–water partition coefficient (Wildman–Crippen LogP) is 6.78. The Kier molecular flexibility index (Phi) is 5.79. The highest BCUT2D eigenvalue weighted by Gasteiger charge is 1.96. The predicted molar refractivity (Wildman–Crippen MR) is 107 cm³/mol. The number of amides is 1. The van der Waals surface area contributed by atoms with Crippen LogP contribution >= 0.6 is 0 Å². The summed E-state index contributed by atoms with van der Waals surface area (Å²) in [5.74, 6) is -0.107. The van der Waals surface area contributed by atoms with E-state index in [1.54, 1.807) is 24.3 Å². The van der Waals surface area contributed by atoms with Crippen LogP contribution in [0.25, 0.3) is 0 Å². The van der Waals surface area contributed by atoms with Crippen LogP contribution < -0.4 is 5.32 Å². The number of anilines is 1. The van der Waals surface area contributed by atoms with Gasteiger partial charge in [0.05, 0.1) is 22.7 Å². The van der Waals surface area contributed by atoms with Gasteiger partial charge in [0.1, 0.15) is 0 Å². The van der Waals surface area contributed by atoms with Crippen molar-refractivity contribution in [2.45, 2.75) is 13.8 Å². The van der Waals surface area contributed by atoms with Gasteiger partial charge in [-0.05, 0) is 67.6 Å². The third-order valence-corrected chi connectivity index (χ3v) is 3.63. The van der Waals surface area contributed by atoms with Crippen LogP contribution in [0.3, 0.4) is 0 Å². The number of carbonyl (C=O) groups excluding carboxylic acids is 1. The zero-order valence-electron chi connectivity index (χ0n) is 15.1. The summed E-state index contributed by atoms with van der Waals surface area (Å²) in [7, 11) is 0. The summed E-state index contributed by atoms with van der Waals surface area (Å²) in [6.45, 7) is 3.50. The lowest BCUT2D eigenvalue weighted by molar-refractivity contribution is -0.114. The number of rotatable bonds is 5. The number of nitrogens with zero attached hydrogens (tertiary/aromatic N) is 4. The quantitative estimate of drug-likeness (QED) is 0.502. The van der Waals surface area contributed by atoms with Crippen molar-refractivity contribution in [3.05, 3.63) is 78.4 Å². The molecule has 0 aliphatic carbocycles. The van der Waals surface area contributed by atoms with Crippen LogP contribution in [-0.4, -0.2) is 5.91 Å². The highest BCUT2D eigenvalue weighted by atomic mass is 16.1. The molecule has 134 valence electrons. The largest absolute Gasteiger partial charge is 0.326 e. The summed E-state index contributed by atoms with van der Waals surface area (Å²) in [5, 5.41) is 19.5. The minimum absolute atomic E-state index is 0.107. The third-order valence-electron chi connectivity index (χ3n) is 3.63. The monoisotopic (exact) mass is 357 g/mol. The molecule has 6 nitrogen and oxygen atoms in total. The molecule has 6 heteroatoms. The molecular weight excluding hydrogens is 338 g/mol. The zero-order valence-corrected chi connectivity index (χ0v) is 15.1. The second kappa shape index (κ2) is 8.62. The van der Waals surface area contributed by atoms with E-state index in [9.17, 15) is 4.79 Å². The topological polar surface area (TPSA) is 78.5 Å². The fourth-order valence-corrected chi connectivity index (χ4v) is 2.24. The zero-order chi connectivity index (χ0) is 19.1. The fraction of sp³-hybridized carbons (Fsp3) is 0.0952. The highest BCUT2D eigenvalue weighted by Crippen LogP contribution is 2.24. The van der Waals surface area contributed by atoms with Gasteiger partial charge in [0.15, 0.2) is 0 Å². The van der Waals surface area contributed by atoms with Crippen molar-refractivity contribution in [3.8, 4) is 0 Å². The van der Waals surface area contributed by atoms with Gasteiger partial charge in [-0.3, -0.25) is 4.79 Å². The molecule has 0 aromatic heterocycles. The van der Waals surface area contributed by atoms with E-state index in [2.05, 4.69) is 25.8 Å². The molecule has 27 heavy (non-hydrogen) atoms. The lowest BCUT2D eigenvalue weighted by Gasteiger charge is -2.01. The van der Waals surface area contributed by atoms with Crippen molar-refractivity contribution < 1.29 is 4.79 Å². The summed E-state index contributed by atoms with van der Waals surface area (Å²) >= 11 is 0. The maximum absolute atomic E-state index is 11.0. The first kappa shape index (κ1) is 18.1. The van der Waals surface area contributed by atoms with Crippen LogP contribution in [-0.2, 0) is 4.79 Å². The summed E-state index contributed by atoms with van der Waals surface area (Å²) in [6.07, 6.45) is 0. The Bertz CT molecular complexity index is 959. The molecule has 0 bridgehead atoms. The molecule has 0 fully saturated rings. The highest BCUT2D eigenvalue weighted by molar-refractivity contribution is 5.88. The first-order valence-electron chi connectivity index (χ1n) is 8.46. The molecule has 0 atom stereocenters. The number of azo groups is 2. The van der Waals surface area contributed by atoms with Gasteiger partial charge in [0, 0.05) is 12.6 Å². The second-order valence-corrected chi connectivity index (χ2v) is 5.98. The lowest BCUT2D eigenvalue weighted by Crippen LogP contribution is -2.04. The van der Waals surface area contributed by atoms with E-state index in [1.807, 2.05) is 55.5 Å². The maximum atomic E-state index is 11.0. The van der Waals surface area contributed by atoms with Gasteiger partial charge in [-0.2, -0.15) is 20.5 Å². The Labute approximate surface area is 157 Å². The van der Waals surface area contributed by atoms with Crippen LogP contribution in [0.5, 0.6) is 0 Å². The Morgan fingerprint density at radius 3 is 1.33 bits per heavy atom. The molecule has 0 aliphatic heterocycles. The van der Waals surface area contributed by atoms with Crippen LogP contribution in [0.2, 0.25) is 0 Å². The molecule has 1 amide bonds. The second-order valence-electron chi connectivity index (χ2n) is 5.98. The lowest BCUT2D eigenvalue weighted by atomic mass is 10.2. The van der Waals surface area contributed by atoms with E-state index in [4.69, 9.17) is 0 Å². The summed E-state index contributed by atoms with van der Waals surface area (Å²) in [5.41, 5.74) is 4.89. The molecule has 3 aromatic rings. The average Bonchev–Trinajstić information content (AvgIpc) is 2.67. The summed E-state index contributed by atoms with van der Waals surface area (Å²) in [6, 6.07) is 22.3. The van der Waals surface area contributed by atoms with Crippen LogP contribution in [0.4, 0.5) is 28.4 Å². The van der Waals surface area contributed by atoms with Gasteiger partial charge >= 0.3 is 0 Å². The van der Waals surface area contributed by atoms with E-state index in [0.29, 0.717) is 5.69 Å². The third kappa shape index (κ3) is 5.67. The smallest absolute Gasteiger partial charge is 0.221 e. The molecule has 3 rings (SSSR count). The van der Waals surface area contributed by atoms with Gasteiger partial charge in [-0.1, -0.05) is 17.7 Å². The van der Waals surface area contributed by atoms with Crippen LogP contribution in [0.1, 0.15) is 12.5 Å². The normalized spacial score (nSPS) is 11.2. The molecule has 1 N–H and O–H groups in total. The first-order valence-corrected chi connectivity index (χ1v) is 8.46. The molecule has 0 heterocycles. The summed E-state index contributed by atoms with van der Waals surface area (Å²) < 4.78 is 0. The van der Waals surface area contributed by atoms with Crippen LogP contribution in [0, 0.1) is 6.92 Å².